The fourth-order valence-electron chi connectivity index (χ4n) is 2.20. The van der Waals surface area contributed by atoms with E-state index in [9.17, 15) is 13.2 Å². The van der Waals surface area contributed by atoms with Gasteiger partial charge in [-0.2, -0.15) is 0 Å². The minimum Gasteiger partial charge on any atom is -0.496 e. The van der Waals surface area contributed by atoms with Crippen molar-refractivity contribution in [2.45, 2.75) is 25.6 Å². The van der Waals surface area contributed by atoms with Gasteiger partial charge in [-0.25, -0.2) is 8.42 Å². The van der Waals surface area contributed by atoms with Crippen LogP contribution in [0.15, 0.2) is 18.2 Å². The largest absolute Gasteiger partial charge is 0.496 e. The normalized spacial score (nSPS) is 13.1. The predicted molar refractivity (Wildman–Crippen MR) is 89.0 cm³/mol. The fourth-order valence-corrected chi connectivity index (χ4v) is 3.07. The highest BCUT2D eigenvalue weighted by Crippen LogP contribution is 2.28. The van der Waals surface area contributed by atoms with Crippen molar-refractivity contribution in [1.29, 1.82) is 0 Å². The Hall–Kier alpha value is -1.48. The van der Waals surface area contributed by atoms with Crippen LogP contribution in [0.4, 0.5) is 0 Å². The SMILES string of the molecule is CCOC(OCC)c1ccc(C(=O)C(OC)S(C)(=O)=O)c(OC)c1. The van der Waals surface area contributed by atoms with Crippen LogP contribution < -0.4 is 4.74 Å². The number of carbonyl (C=O) groups excluding carboxylic acids is 1. The highest BCUT2D eigenvalue weighted by atomic mass is 32.2. The highest BCUT2D eigenvalue weighted by Gasteiger charge is 2.31. The number of rotatable bonds is 10. The van der Waals surface area contributed by atoms with Crippen LogP contribution >= 0.6 is 0 Å². The van der Waals surface area contributed by atoms with Crippen molar-refractivity contribution in [3.05, 3.63) is 29.3 Å². The molecule has 0 saturated carbocycles. The minimum atomic E-state index is -3.71. The number of sulfone groups is 1. The monoisotopic (exact) mass is 360 g/mol. The molecule has 0 aliphatic carbocycles. The lowest BCUT2D eigenvalue weighted by atomic mass is 10.1. The van der Waals surface area contributed by atoms with Crippen LogP contribution in [-0.4, -0.2) is 53.3 Å². The predicted octanol–water partition coefficient (Wildman–Crippen LogP) is 1.97. The molecule has 0 saturated heterocycles. The first-order chi connectivity index (χ1) is 11.3. The molecule has 7 nitrogen and oxygen atoms in total. The van der Waals surface area contributed by atoms with E-state index in [4.69, 9.17) is 18.9 Å². The molecule has 0 radical (unpaired) electrons. The van der Waals surface area contributed by atoms with Crippen molar-refractivity contribution < 1.29 is 32.2 Å². The minimum absolute atomic E-state index is 0.116. The van der Waals surface area contributed by atoms with E-state index in [1.807, 2.05) is 13.8 Å². The average Bonchev–Trinajstić information content (AvgIpc) is 2.53. The first-order valence-corrected chi connectivity index (χ1v) is 9.42. The Balaban J connectivity index is 3.25. The van der Waals surface area contributed by atoms with Gasteiger partial charge in [0.15, 0.2) is 16.1 Å². The third-order valence-corrected chi connectivity index (χ3v) is 4.40. The van der Waals surface area contributed by atoms with Gasteiger partial charge < -0.3 is 18.9 Å². The summed E-state index contributed by atoms with van der Waals surface area (Å²) in [6, 6.07) is 4.72. The second-order valence-electron chi connectivity index (χ2n) is 4.96. The van der Waals surface area contributed by atoms with Gasteiger partial charge >= 0.3 is 0 Å². The molecule has 1 atom stereocenters. The molecule has 0 N–H and O–H groups in total. The van der Waals surface area contributed by atoms with Crippen LogP contribution in [-0.2, 0) is 24.0 Å². The van der Waals surface area contributed by atoms with Crippen molar-refractivity contribution in [2.24, 2.45) is 0 Å². The van der Waals surface area contributed by atoms with Gasteiger partial charge in [0.1, 0.15) is 5.75 Å². The Morgan fingerprint density at radius 2 is 1.71 bits per heavy atom. The number of ether oxygens (including phenoxy) is 4. The van der Waals surface area contributed by atoms with Crippen molar-refractivity contribution in [3.63, 3.8) is 0 Å². The lowest BCUT2D eigenvalue weighted by Crippen LogP contribution is -2.31. The van der Waals surface area contributed by atoms with Crippen molar-refractivity contribution in [3.8, 4) is 5.75 Å². The van der Waals surface area contributed by atoms with Crippen LogP contribution in [0.2, 0.25) is 0 Å². The van der Waals surface area contributed by atoms with Crippen molar-refractivity contribution in [2.75, 3.05) is 33.7 Å². The standard InChI is InChI=1S/C16H24O7S/c1-6-22-15(23-7-2)11-8-9-12(13(10-11)20-3)14(17)16(21-4)24(5,18)19/h8-10,15-16H,6-7H2,1-5H3. The smallest absolute Gasteiger partial charge is 0.221 e. The van der Waals surface area contributed by atoms with Crippen molar-refractivity contribution in [1.82, 2.24) is 0 Å². The lowest BCUT2D eigenvalue weighted by Gasteiger charge is -2.19. The maximum Gasteiger partial charge on any atom is 0.221 e. The van der Waals surface area contributed by atoms with Crippen LogP contribution in [0.1, 0.15) is 36.1 Å². The van der Waals surface area contributed by atoms with E-state index in [0.717, 1.165) is 6.26 Å². The van der Waals surface area contributed by atoms with Gasteiger partial charge in [-0.1, -0.05) is 6.07 Å². The Morgan fingerprint density at radius 1 is 1.12 bits per heavy atom. The molecular formula is C16H24O7S. The highest BCUT2D eigenvalue weighted by molar-refractivity contribution is 7.91. The second-order valence-corrected chi connectivity index (χ2v) is 7.05. The Bertz CT molecular complexity index is 648. The summed E-state index contributed by atoms with van der Waals surface area (Å²) in [4.78, 5) is 12.5. The topological polar surface area (TPSA) is 88.1 Å². The van der Waals surface area contributed by atoms with Gasteiger partial charge in [-0.05, 0) is 26.0 Å². The molecule has 1 aromatic rings. The Kier molecular flexibility index (Phi) is 7.82. The van der Waals surface area contributed by atoms with Crippen molar-refractivity contribution >= 4 is 15.6 Å². The summed E-state index contributed by atoms with van der Waals surface area (Å²) in [5, 5.41) is 0. The number of ketones is 1. The van der Waals surface area contributed by atoms with E-state index in [1.165, 1.54) is 20.3 Å². The third kappa shape index (κ3) is 5.01. The van der Waals surface area contributed by atoms with E-state index in [-0.39, 0.29) is 11.3 Å². The zero-order chi connectivity index (χ0) is 18.3. The number of Topliss-reactive ketones (excluding diaryl/α,β-unsaturated/α-hetero) is 1. The second kappa shape index (κ2) is 9.12. The molecule has 1 unspecified atom stereocenters. The van der Waals surface area contributed by atoms with Crippen LogP contribution in [0.5, 0.6) is 5.75 Å². The molecule has 0 aromatic heterocycles. The third-order valence-electron chi connectivity index (χ3n) is 3.22. The quantitative estimate of drug-likeness (QED) is 0.465. The first-order valence-electron chi connectivity index (χ1n) is 7.47. The summed E-state index contributed by atoms with van der Waals surface area (Å²) in [6.07, 6.45) is 0.353. The number of hydrogen-bond donors (Lipinski definition) is 0. The average molecular weight is 360 g/mol. The molecule has 1 rings (SSSR count). The Morgan fingerprint density at radius 3 is 2.12 bits per heavy atom. The van der Waals surface area contributed by atoms with Crippen LogP contribution in [0, 0.1) is 0 Å². The maximum atomic E-state index is 12.5. The Labute approximate surface area is 142 Å². The van der Waals surface area contributed by atoms with Gasteiger partial charge in [0.25, 0.3) is 0 Å². The summed E-state index contributed by atoms with van der Waals surface area (Å²) >= 11 is 0. The van der Waals surface area contributed by atoms with E-state index in [2.05, 4.69) is 0 Å². The van der Waals surface area contributed by atoms with Gasteiger partial charge in [0.2, 0.25) is 11.2 Å². The van der Waals surface area contributed by atoms with Gasteiger partial charge in [0, 0.05) is 32.1 Å². The van der Waals surface area contributed by atoms with E-state index >= 15 is 0 Å². The number of carbonyl (C=O) groups is 1. The van der Waals surface area contributed by atoms with Gasteiger partial charge in [0.05, 0.1) is 12.7 Å². The molecular weight excluding hydrogens is 336 g/mol. The number of benzene rings is 1. The molecule has 0 spiro atoms. The lowest BCUT2D eigenvalue weighted by molar-refractivity contribution is -0.140. The zero-order valence-corrected chi connectivity index (χ0v) is 15.4. The summed E-state index contributed by atoms with van der Waals surface area (Å²) < 4.78 is 44.5. The molecule has 8 heteroatoms. The summed E-state index contributed by atoms with van der Waals surface area (Å²) in [5.41, 5.74) is -0.794. The van der Waals surface area contributed by atoms with E-state index < -0.39 is 27.3 Å². The summed E-state index contributed by atoms with van der Waals surface area (Å²) in [7, 11) is -1.14. The van der Waals surface area contributed by atoms with E-state index in [0.29, 0.717) is 18.8 Å². The number of hydrogen-bond acceptors (Lipinski definition) is 7. The summed E-state index contributed by atoms with van der Waals surface area (Å²) in [5.74, 6) is -0.458. The molecule has 136 valence electrons. The zero-order valence-electron chi connectivity index (χ0n) is 14.6. The maximum absolute atomic E-state index is 12.5. The molecule has 0 aliphatic heterocycles. The molecule has 0 bridgehead atoms. The van der Waals surface area contributed by atoms with Crippen LogP contribution in [0.25, 0.3) is 0 Å². The molecule has 0 heterocycles. The van der Waals surface area contributed by atoms with Gasteiger partial charge in [-0.3, -0.25) is 4.79 Å². The first kappa shape index (κ1) is 20.6. The molecule has 24 heavy (non-hydrogen) atoms. The molecule has 0 aliphatic rings. The van der Waals surface area contributed by atoms with Crippen LogP contribution in [0.3, 0.4) is 0 Å². The van der Waals surface area contributed by atoms with Gasteiger partial charge in [-0.15, -0.1) is 0 Å². The fraction of sp³-hybridized carbons (Fsp3) is 0.562. The van der Waals surface area contributed by atoms with E-state index in [1.54, 1.807) is 12.1 Å². The molecule has 0 amide bonds. The molecule has 0 fully saturated rings. The summed E-state index contributed by atoms with van der Waals surface area (Å²) in [6.45, 7) is 4.59. The molecule has 1 aromatic carbocycles. The number of methoxy groups -OCH3 is 2.